The quantitative estimate of drug-likeness (QED) is 0.445. The first-order valence-electron chi connectivity index (χ1n) is 8.41. The standard InChI is InChI=1S/C19H20N2O6/c1-3-26-18(22)15-11-20-12-16(19(23)27-4-2)14(15)10-9-13-7-5-6-8-17(13)21(24)25/h5-12,14,20H,3-4H2,1-2H3/b10-9+. The zero-order chi connectivity index (χ0) is 19.8. The summed E-state index contributed by atoms with van der Waals surface area (Å²) < 4.78 is 10.1. The lowest BCUT2D eigenvalue weighted by atomic mass is 9.89. The molecule has 0 fully saturated rings. The average molecular weight is 372 g/mol. The highest BCUT2D eigenvalue weighted by atomic mass is 16.6. The van der Waals surface area contributed by atoms with Crippen LogP contribution in [0.2, 0.25) is 0 Å². The predicted molar refractivity (Wildman–Crippen MR) is 98.2 cm³/mol. The number of carbonyl (C=O) groups excluding carboxylic acids is 2. The molecule has 0 aromatic heterocycles. The number of para-hydroxylation sites is 1. The summed E-state index contributed by atoms with van der Waals surface area (Å²) in [6.07, 6.45) is 5.94. The van der Waals surface area contributed by atoms with E-state index in [1.54, 1.807) is 38.1 Å². The molecule has 8 nitrogen and oxygen atoms in total. The molecule has 0 bridgehead atoms. The summed E-state index contributed by atoms with van der Waals surface area (Å²) in [5.41, 5.74) is 0.688. The van der Waals surface area contributed by atoms with Crippen molar-refractivity contribution in [3.63, 3.8) is 0 Å². The van der Waals surface area contributed by atoms with Gasteiger partial charge in [0.2, 0.25) is 0 Å². The van der Waals surface area contributed by atoms with Gasteiger partial charge in [0.05, 0.1) is 34.8 Å². The SMILES string of the molecule is CCOC(=O)C1=CNC=C(C(=O)OCC)C1/C=C/c1ccccc1[N+](=O)[O-]. The van der Waals surface area contributed by atoms with E-state index in [9.17, 15) is 19.7 Å². The van der Waals surface area contributed by atoms with Crippen LogP contribution in [0.15, 0.2) is 53.9 Å². The first-order chi connectivity index (χ1) is 13.0. The Morgan fingerprint density at radius 3 is 2.19 bits per heavy atom. The number of carbonyl (C=O) groups is 2. The van der Waals surface area contributed by atoms with E-state index < -0.39 is 22.8 Å². The lowest BCUT2D eigenvalue weighted by molar-refractivity contribution is -0.385. The summed E-state index contributed by atoms with van der Waals surface area (Å²) in [5, 5.41) is 13.9. The van der Waals surface area contributed by atoms with Gasteiger partial charge in [-0.1, -0.05) is 24.3 Å². The molecule has 1 aliphatic heterocycles. The van der Waals surface area contributed by atoms with Gasteiger partial charge >= 0.3 is 11.9 Å². The Hall–Kier alpha value is -3.42. The van der Waals surface area contributed by atoms with Crippen molar-refractivity contribution in [3.8, 4) is 0 Å². The molecule has 1 N–H and O–H groups in total. The maximum absolute atomic E-state index is 12.3. The number of hydrogen-bond donors (Lipinski definition) is 1. The Kier molecular flexibility index (Phi) is 6.87. The van der Waals surface area contributed by atoms with E-state index in [0.717, 1.165) is 0 Å². The molecule has 8 heteroatoms. The molecular weight excluding hydrogens is 352 g/mol. The Labute approximate surface area is 156 Å². The molecule has 1 aliphatic rings. The van der Waals surface area contributed by atoms with Crippen LogP contribution < -0.4 is 5.32 Å². The Bertz CT molecular complexity index is 791. The first-order valence-corrected chi connectivity index (χ1v) is 8.41. The van der Waals surface area contributed by atoms with Crippen LogP contribution in [0.5, 0.6) is 0 Å². The second-order valence-corrected chi connectivity index (χ2v) is 5.46. The minimum atomic E-state index is -0.760. The van der Waals surface area contributed by atoms with Crippen LogP contribution in [0.1, 0.15) is 19.4 Å². The summed E-state index contributed by atoms with van der Waals surface area (Å²) in [6.45, 7) is 3.70. The topological polar surface area (TPSA) is 108 Å². The number of allylic oxidation sites excluding steroid dienone is 1. The van der Waals surface area contributed by atoms with Gasteiger partial charge in [-0.3, -0.25) is 10.1 Å². The third-order valence-corrected chi connectivity index (χ3v) is 3.77. The van der Waals surface area contributed by atoms with E-state index in [2.05, 4.69) is 5.32 Å². The molecule has 2 rings (SSSR count). The maximum atomic E-state index is 12.3. The molecule has 0 unspecified atom stereocenters. The predicted octanol–water partition coefficient (Wildman–Crippen LogP) is 2.72. The van der Waals surface area contributed by atoms with Gasteiger partial charge in [-0.15, -0.1) is 0 Å². The van der Waals surface area contributed by atoms with E-state index >= 15 is 0 Å². The number of nitrogens with one attached hydrogen (secondary N) is 1. The largest absolute Gasteiger partial charge is 0.463 e. The van der Waals surface area contributed by atoms with Gasteiger partial charge in [-0.2, -0.15) is 0 Å². The van der Waals surface area contributed by atoms with Crippen molar-refractivity contribution in [2.24, 2.45) is 5.92 Å². The first kappa shape index (κ1) is 19.9. The van der Waals surface area contributed by atoms with Crippen LogP contribution in [0.3, 0.4) is 0 Å². The summed E-state index contributed by atoms with van der Waals surface area (Å²) in [5.74, 6) is -1.93. The van der Waals surface area contributed by atoms with Crippen molar-refractivity contribution in [1.82, 2.24) is 5.32 Å². The van der Waals surface area contributed by atoms with Crippen LogP contribution in [0, 0.1) is 16.0 Å². The van der Waals surface area contributed by atoms with Crippen molar-refractivity contribution in [1.29, 1.82) is 0 Å². The van der Waals surface area contributed by atoms with E-state index in [1.165, 1.54) is 24.5 Å². The fraction of sp³-hybridized carbons (Fsp3) is 0.263. The molecule has 0 radical (unpaired) electrons. The number of benzene rings is 1. The Balaban J connectivity index is 2.41. The smallest absolute Gasteiger partial charge is 0.336 e. The van der Waals surface area contributed by atoms with E-state index in [4.69, 9.17) is 9.47 Å². The third-order valence-electron chi connectivity index (χ3n) is 3.77. The van der Waals surface area contributed by atoms with Crippen LogP contribution in [-0.4, -0.2) is 30.1 Å². The fourth-order valence-corrected chi connectivity index (χ4v) is 2.57. The molecular formula is C19H20N2O6. The molecule has 142 valence electrons. The summed E-state index contributed by atoms with van der Waals surface area (Å²) in [7, 11) is 0. The molecule has 0 aliphatic carbocycles. The molecule has 0 amide bonds. The summed E-state index contributed by atoms with van der Waals surface area (Å²) in [4.78, 5) is 35.2. The normalized spacial score (nSPS) is 14.1. The van der Waals surface area contributed by atoms with Gasteiger partial charge in [0.15, 0.2) is 0 Å². The number of rotatable bonds is 7. The second-order valence-electron chi connectivity index (χ2n) is 5.46. The van der Waals surface area contributed by atoms with Crippen molar-refractivity contribution in [3.05, 3.63) is 69.6 Å². The molecule has 0 atom stereocenters. The van der Waals surface area contributed by atoms with Gasteiger partial charge < -0.3 is 14.8 Å². The molecule has 1 heterocycles. The highest BCUT2D eigenvalue weighted by Gasteiger charge is 2.31. The number of nitro benzene ring substituents is 1. The van der Waals surface area contributed by atoms with Crippen LogP contribution in [0.25, 0.3) is 6.08 Å². The number of nitro groups is 1. The molecule has 0 spiro atoms. The van der Waals surface area contributed by atoms with Crippen molar-refractivity contribution < 1.29 is 24.0 Å². The number of dihydropyridines is 1. The third kappa shape index (κ3) is 4.81. The van der Waals surface area contributed by atoms with E-state index in [1.807, 2.05) is 0 Å². The minimum absolute atomic E-state index is 0.0778. The van der Waals surface area contributed by atoms with Crippen LogP contribution in [0.4, 0.5) is 5.69 Å². The Morgan fingerprint density at radius 2 is 1.67 bits per heavy atom. The van der Waals surface area contributed by atoms with Gasteiger partial charge in [0.1, 0.15) is 0 Å². The van der Waals surface area contributed by atoms with Gasteiger partial charge in [-0.25, -0.2) is 9.59 Å². The average Bonchev–Trinajstić information content (AvgIpc) is 2.66. The molecule has 1 aromatic rings. The number of ether oxygens (including phenoxy) is 2. The lowest BCUT2D eigenvalue weighted by Gasteiger charge is -2.22. The highest BCUT2D eigenvalue weighted by molar-refractivity contribution is 5.97. The van der Waals surface area contributed by atoms with Crippen molar-refractivity contribution >= 4 is 23.7 Å². The monoisotopic (exact) mass is 372 g/mol. The van der Waals surface area contributed by atoms with Crippen molar-refractivity contribution in [2.45, 2.75) is 13.8 Å². The lowest BCUT2D eigenvalue weighted by Crippen LogP contribution is -2.27. The van der Waals surface area contributed by atoms with Crippen molar-refractivity contribution in [2.75, 3.05) is 13.2 Å². The highest BCUT2D eigenvalue weighted by Crippen LogP contribution is 2.29. The van der Waals surface area contributed by atoms with Gasteiger partial charge in [0, 0.05) is 24.4 Å². The Morgan fingerprint density at radius 1 is 1.11 bits per heavy atom. The number of esters is 2. The zero-order valence-corrected chi connectivity index (χ0v) is 15.0. The minimum Gasteiger partial charge on any atom is -0.463 e. The molecule has 1 aromatic carbocycles. The number of nitrogens with zero attached hydrogens (tertiary/aromatic N) is 1. The van der Waals surface area contributed by atoms with Gasteiger partial charge in [-0.05, 0) is 19.9 Å². The molecule has 27 heavy (non-hydrogen) atoms. The van der Waals surface area contributed by atoms with Crippen LogP contribution >= 0.6 is 0 Å². The van der Waals surface area contributed by atoms with Crippen LogP contribution in [-0.2, 0) is 19.1 Å². The van der Waals surface area contributed by atoms with E-state index in [-0.39, 0.29) is 30.0 Å². The zero-order valence-electron chi connectivity index (χ0n) is 15.0. The molecule has 0 saturated carbocycles. The fourth-order valence-electron chi connectivity index (χ4n) is 2.57. The maximum Gasteiger partial charge on any atom is 0.336 e. The van der Waals surface area contributed by atoms with Gasteiger partial charge in [0.25, 0.3) is 5.69 Å². The molecule has 0 saturated heterocycles. The van der Waals surface area contributed by atoms with E-state index in [0.29, 0.717) is 5.56 Å². The summed E-state index contributed by atoms with van der Waals surface area (Å²) in [6, 6.07) is 6.19. The second kappa shape index (κ2) is 9.33. The number of hydrogen-bond acceptors (Lipinski definition) is 7. The summed E-state index contributed by atoms with van der Waals surface area (Å²) >= 11 is 0.